The molecule has 7 heteroatoms. The van der Waals surface area contributed by atoms with Crippen LogP contribution in [-0.4, -0.2) is 33.7 Å². The van der Waals surface area contributed by atoms with Crippen molar-refractivity contribution in [3.8, 4) is 5.69 Å². The molecule has 1 aliphatic carbocycles. The van der Waals surface area contributed by atoms with Crippen molar-refractivity contribution in [3.05, 3.63) is 77.4 Å². The number of imidazole rings is 1. The average molecular weight is 410 g/mol. The zero-order valence-electron chi connectivity index (χ0n) is 15.6. The van der Waals surface area contributed by atoms with Gasteiger partial charge in [-0.3, -0.25) is 14.2 Å². The van der Waals surface area contributed by atoms with Gasteiger partial charge in [0.25, 0.3) is 0 Å². The molecule has 0 amide bonds. The summed E-state index contributed by atoms with van der Waals surface area (Å²) >= 11 is 1.17. The summed E-state index contributed by atoms with van der Waals surface area (Å²) in [4.78, 5) is 28.6. The highest BCUT2D eigenvalue weighted by Crippen LogP contribution is 2.23. The molecule has 148 valence electrons. The van der Waals surface area contributed by atoms with Gasteiger partial charge in [0.2, 0.25) is 0 Å². The number of carbonyl (C=O) groups is 2. The van der Waals surface area contributed by atoms with E-state index in [2.05, 4.69) is 4.98 Å². The Hall–Kier alpha value is -2.93. The lowest BCUT2D eigenvalue weighted by molar-refractivity contribution is -0.139. The Kier molecular flexibility index (Phi) is 5.76. The number of thioether (sulfide) groups is 1. The maximum atomic E-state index is 13.4. The lowest BCUT2D eigenvalue weighted by Crippen LogP contribution is -2.16. The number of rotatable bonds is 7. The number of carbonyl (C=O) groups excluding carboxylic acids is 2. The molecule has 5 nitrogen and oxygen atoms in total. The molecule has 0 saturated carbocycles. The van der Waals surface area contributed by atoms with E-state index in [4.69, 9.17) is 4.74 Å². The molecule has 1 aliphatic rings. The predicted octanol–water partition coefficient (Wildman–Crippen LogP) is 4.02. The minimum absolute atomic E-state index is 0.00377. The SMILES string of the molecule is O=C(CSc1nccn1-c1cccc(F)c1)OCC(=O)c1ccc2c(c1)CCC2. The molecule has 2 aromatic carbocycles. The molecule has 0 atom stereocenters. The third-order valence-electron chi connectivity index (χ3n) is 4.80. The van der Waals surface area contributed by atoms with E-state index in [1.807, 2.05) is 12.1 Å². The first-order valence-electron chi connectivity index (χ1n) is 9.33. The molecule has 0 saturated heterocycles. The maximum Gasteiger partial charge on any atom is 0.316 e. The second kappa shape index (κ2) is 8.61. The highest BCUT2D eigenvalue weighted by Gasteiger charge is 2.16. The van der Waals surface area contributed by atoms with Crippen molar-refractivity contribution >= 4 is 23.5 Å². The quantitative estimate of drug-likeness (QED) is 0.335. The monoisotopic (exact) mass is 410 g/mol. The van der Waals surface area contributed by atoms with Crippen molar-refractivity contribution in [2.24, 2.45) is 0 Å². The summed E-state index contributed by atoms with van der Waals surface area (Å²) in [6.45, 7) is -0.281. The summed E-state index contributed by atoms with van der Waals surface area (Å²) in [7, 11) is 0. The molecule has 0 unspecified atom stereocenters. The number of aryl methyl sites for hydroxylation is 2. The molecule has 3 aromatic rings. The van der Waals surface area contributed by atoms with Crippen molar-refractivity contribution in [1.82, 2.24) is 9.55 Å². The van der Waals surface area contributed by atoms with E-state index in [1.54, 1.807) is 35.2 Å². The van der Waals surface area contributed by atoms with Crippen molar-refractivity contribution < 1.29 is 18.7 Å². The maximum absolute atomic E-state index is 13.4. The number of halogens is 1. The van der Waals surface area contributed by atoms with Crippen LogP contribution in [0.3, 0.4) is 0 Å². The number of hydrogen-bond donors (Lipinski definition) is 0. The Morgan fingerprint density at radius 2 is 2.00 bits per heavy atom. The van der Waals surface area contributed by atoms with Crippen LogP contribution in [0, 0.1) is 5.82 Å². The normalized spacial score (nSPS) is 12.6. The minimum Gasteiger partial charge on any atom is -0.457 e. The van der Waals surface area contributed by atoms with Gasteiger partial charge >= 0.3 is 5.97 Å². The first-order valence-corrected chi connectivity index (χ1v) is 10.3. The number of nitrogens with zero attached hydrogens (tertiary/aromatic N) is 2. The Bertz CT molecular complexity index is 1060. The third kappa shape index (κ3) is 4.56. The van der Waals surface area contributed by atoms with Crippen molar-refractivity contribution in [2.75, 3.05) is 12.4 Å². The predicted molar refractivity (Wildman–Crippen MR) is 108 cm³/mol. The molecule has 1 heterocycles. The standard InChI is InChI=1S/C22H19FN2O3S/c23-18-5-2-6-19(12-18)25-10-9-24-22(25)29-14-21(27)28-13-20(26)17-8-7-15-3-1-4-16(15)11-17/h2,5-12H,1,3-4,13-14H2. The van der Waals surface area contributed by atoms with Gasteiger partial charge in [-0.1, -0.05) is 30.0 Å². The second-order valence-corrected chi connectivity index (χ2v) is 7.71. The van der Waals surface area contributed by atoms with E-state index < -0.39 is 5.97 Å². The Morgan fingerprint density at radius 3 is 2.86 bits per heavy atom. The molecule has 4 rings (SSSR count). The zero-order chi connectivity index (χ0) is 20.2. The lowest BCUT2D eigenvalue weighted by Gasteiger charge is -2.08. The highest BCUT2D eigenvalue weighted by atomic mass is 32.2. The summed E-state index contributed by atoms with van der Waals surface area (Å²) < 4.78 is 20.3. The van der Waals surface area contributed by atoms with Gasteiger partial charge in [0, 0.05) is 18.0 Å². The second-order valence-electron chi connectivity index (χ2n) is 6.77. The summed E-state index contributed by atoms with van der Waals surface area (Å²) in [5, 5.41) is 0.539. The van der Waals surface area contributed by atoms with Gasteiger partial charge in [-0.2, -0.15) is 0 Å². The number of esters is 1. The highest BCUT2D eigenvalue weighted by molar-refractivity contribution is 7.99. The number of ketones is 1. The van der Waals surface area contributed by atoms with Crippen LogP contribution in [0.1, 0.15) is 27.9 Å². The molecule has 0 bridgehead atoms. The van der Waals surface area contributed by atoms with Crippen molar-refractivity contribution in [2.45, 2.75) is 24.4 Å². The third-order valence-corrected chi connectivity index (χ3v) is 5.74. The van der Waals surface area contributed by atoms with E-state index in [0.717, 1.165) is 19.3 Å². The molecule has 0 fully saturated rings. The van der Waals surface area contributed by atoms with E-state index in [0.29, 0.717) is 16.4 Å². The van der Waals surface area contributed by atoms with E-state index in [-0.39, 0.29) is 24.0 Å². The fourth-order valence-corrected chi connectivity index (χ4v) is 4.13. The van der Waals surface area contributed by atoms with Gasteiger partial charge in [0.1, 0.15) is 5.82 Å². The first-order chi connectivity index (χ1) is 14.1. The molecule has 1 aromatic heterocycles. The zero-order valence-corrected chi connectivity index (χ0v) is 16.5. The van der Waals surface area contributed by atoms with Crippen LogP contribution in [0.2, 0.25) is 0 Å². The number of hydrogen-bond acceptors (Lipinski definition) is 5. The van der Waals surface area contributed by atoms with E-state index in [1.165, 1.54) is 35.0 Å². The number of fused-ring (bicyclic) bond motifs is 1. The molecular weight excluding hydrogens is 391 g/mol. The Balaban J connectivity index is 1.31. The fraction of sp³-hybridized carbons (Fsp3) is 0.227. The molecule has 0 N–H and O–H groups in total. The van der Waals surface area contributed by atoms with Crippen LogP contribution in [0.15, 0.2) is 60.0 Å². The topological polar surface area (TPSA) is 61.2 Å². The van der Waals surface area contributed by atoms with E-state index >= 15 is 0 Å². The van der Waals surface area contributed by atoms with Gasteiger partial charge in [-0.25, -0.2) is 9.37 Å². The molecule has 0 spiro atoms. The lowest BCUT2D eigenvalue weighted by atomic mass is 10.0. The Morgan fingerprint density at radius 1 is 1.14 bits per heavy atom. The van der Waals surface area contributed by atoms with Crippen LogP contribution in [0.4, 0.5) is 4.39 Å². The van der Waals surface area contributed by atoms with Gasteiger partial charge in [-0.05, 0) is 54.7 Å². The largest absolute Gasteiger partial charge is 0.457 e. The van der Waals surface area contributed by atoms with Crippen LogP contribution in [-0.2, 0) is 22.4 Å². The van der Waals surface area contributed by atoms with Gasteiger partial charge in [-0.15, -0.1) is 0 Å². The number of benzene rings is 2. The summed E-state index contributed by atoms with van der Waals surface area (Å²) in [5.74, 6) is -1.06. The van der Waals surface area contributed by atoms with Crippen LogP contribution in [0.25, 0.3) is 5.69 Å². The minimum atomic E-state index is -0.502. The van der Waals surface area contributed by atoms with Gasteiger partial charge in [0.15, 0.2) is 17.5 Å². The summed E-state index contributed by atoms with van der Waals surface area (Å²) in [6.07, 6.45) is 6.44. The molecular formula is C22H19FN2O3S. The average Bonchev–Trinajstić information content (AvgIpc) is 3.39. The number of ether oxygens (including phenoxy) is 1. The van der Waals surface area contributed by atoms with Gasteiger partial charge < -0.3 is 4.74 Å². The Labute approximate surface area is 171 Å². The molecule has 0 aliphatic heterocycles. The van der Waals surface area contributed by atoms with Crippen molar-refractivity contribution in [3.63, 3.8) is 0 Å². The smallest absolute Gasteiger partial charge is 0.316 e. The van der Waals surface area contributed by atoms with Crippen LogP contribution in [0.5, 0.6) is 0 Å². The van der Waals surface area contributed by atoms with Crippen LogP contribution < -0.4 is 0 Å². The molecule has 29 heavy (non-hydrogen) atoms. The summed E-state index contributed by atoms with van der Waals surface area (Å²) in [5.41, 5.74) is 3.70. The van der Waals surface area contributed by atoms with Crippen molar-refractivity contribution in [1.29, 1.82) is 0 Å². The van der Waals surface area contributed by atoms with Crippen LogP contribution >= 0.6 is 11.8 Å². The number of Topliss-reactive ketones (excluding diaryl/α,β-unsaturated/α-hetero) is 1. The van der Waals surface area contributed by atoms with E-state index in [9.17, 15) is 14.0 Å². The molecule has 0 radical (unpaired) electrons. The summed E-state index contributed by atoms with van der Waals surface area (Å²) in [6, 6.07) is 11.8. The fourth-order valence-electron chi connectivity index (χ4n) is 3.36. The van der Waals surface area contributed by atoms with Gasteiger partial charge in [0.05, 0.1) is 11.4 Å². The first kappa shape index (κ1) is 19.4. The number of aromatic nitrogens is 2.